The van der Waals surface area contributed by atoms with Crippen molar-refractivity contribution in [3.05, 3.63) is 57.2 Å². The molecule has 0 saturated carbocycles. The normalized spacial score (nSPS) is 17.8. The average molecular weight is 406 g/mol. The van der Waals surface area contributed by atoms with E-state index in [4.69, 9.17) is 28.9 Å². The molecule has 1 aliphatic rings. The second-order valence-corrected chi connectivity index (χ2v) is 8.30. The van der Waals surface area contributed by atoms with Crippen molar-refractivity contribution in [3.8, 4) is 0 Å². The predicted octanol–water partition coefficient (Wildman–Crippen LogP) is 4.69. The van der Waals surface area contributed by atoms with Crippen LogP contribution in [0.5, 0.6) is 0 Å². The molecular formula is C21H25Cl2N3O. The van der Waals surface area contributed by atoms with Crippen LogP contribution in [0.1, 0.15) is 36.0 Å². The highest BCUT2D eigenvalue weighted by molar-refractivity contribution is 6.30. The zero-order valence-electron chi connectivity index (χ0n) is 15.5. The summed E-state index contributed by atoms with van der Waals surface area (Å²) in [5, 5.41) is 1.13. The molecule has 6 heteroatoms. The van der Waals surface area contributed by atoms with Gasteiger partial charge in [0.1, 0.15) is 16.8 Å². The number of rotatable bonds is 6. The Hall–Kier alpha value is -1.62. The number of piperidine rings is 1. The number of ketones is 1. The number of nitrogens with two attached hydrogens (primary N) is 1. The minimum absolute atomic E-state index is 0.205. The maximum Gasteiger partial charge on any atom is 0.137 e. The molecule has 0 spiro atoms. The number of nitrogens with zero attached hydrogens (tertiary/aromatic N) is 2. The Balaban J connectivity index is 1.55. The van der Waals surface area contributed by atoms with Crippen LogP contribution in [0.4, 0.5) is 5.82 Å². The number of benzene rings is 1. The van der Waals surface area contributed by atoms with Gasteiger partial charge in [0.25, 0.3) is 0 Å². The first kappa shape index (κ1) is 20.1. The quantitative estimate of drug-likeness (QED) is 0.707. The third-order valence-corrected chi connectivity index (χ3v) is 5.42. The molecule has 144 valence electrons. The lowest BCUT2D eigenvalue weighted by Gasteiger charge is -2.32. The highest BCUT2D eigenvalue weighted by Crippen LogP contribution is 2.24. The first-order chi connectivity index (χ1) is 12.9. The molecule has 1 atom stereocenters. The molecule has 2 N–H and O–H groups in total. The number of carbonyl (C=O) groups is 1. The molecule has 1 aromatic carbocycles. The van der Waals surface area contributed by atoms with Crippen LogP contribution < -0.4 is 5.73 Å². The van der Waals surface area contributed by atoms with Crippen LogP contribution in [-0.4, -0.2) is 28.8 Å². The first-order valence-electron chi connectivity index (χ1n) is 9.30. The number of carbonyl (C=O) groups excluding carboxylic acids is 1. The fourth-order valence-corrected chi connectivity index (χ4v) is 4.32. The van der Waals surface area contributed by atoms with E-state index in [1.807, 2.05) is 12.1 Å². The highest BCUT2D eigenvalue weighted by Gasteiger charge is 2.23. The SMILES string of the molecule is Cc1cc(Cl)cc(CN2CCCC(CC(=O)Cc3ccc(Cl)nc3N)C2)c1. The van der Waals surface area contributed by atoms with E-state index in [-0.39, 0.29) is 5.78 Å². The standard InChI is InChI=1S/C21H25Cl2N3O/c1-14-7-16(9-18(22)8-14)13-26-6-2-3-15(12-26)10-19(27)11-17-4-5-20(23)25-21(17)24/h4-5,7-9,15H,2-3,6,10-13H2,1H3,(H2,24,25). The maximum absolute atomic E-state index is 12.5. The molecule has 1 unspecified atom stereocenters. The van der Waals surface area contributed by atoms with E-state index in [0.29, 0.717) is 29.7 Å². The van der Waals surface area contributed by atoms with Gasteiger partial charge >= 0.3 is 0 Å². The second kappa shape index (κ2) is 9.05. The van der Waals surface area contributed by atoms with Crippen molar-refractivity contribution in [3.63, 3.8) is 0 Å². The van der Waals surface area contributed by atoms with Gasteiger partial charge in [-0.15, -0.1) is 0 Å². The van der Waals surface area contributed by atoms with Gasteiger partial charge in [0.15, 0.2) is 0 Å². The van der Waals surface area contributed by atoms with E-state index in [2.05, 4.69) is 22.9 Å². The summed E-state index contributed by atoms with van der Waals surface area (Å²) in [4.78, 5) is 19.0. The van der Waals surface area contributed by atoms with Gasteiger partial charge in [-0.3, -0.25) is 9.69 Å². The van der Waals surface area contributed by atoms with Crippen molar-refractivity contribution in [2.45, 2.75) is 39.2 Å². The maximum atomic E-state index is 12.5. The number of anilines is 1. The molecule has 2 heterocycles. The molecule has 1 aliphatic heterocycles. The van der Waals surface area contributed by atoms with E-state index >= 15 is 0 Å². The van der Waals surface area contributed by atoms with Gasteiger partial charge in [0, 0.05) is 36.5 Å². The zero-order chi connectivity index (χ0) is 19.4. The highest BCUT2D eigenvalue weighted by atomic mass is 35.5. The summed E-state index contributed by atoms with van der Waals surface area (Å²) in [6.45, 7) is 4.93. The number of Topliss-reactive ketones (excluding diaryl/α,β-unsaturated/α-hetero) is 1. The lowest BCUT2D eigenvalue weighted by molar-refractivity contribution is -0.119. The number of likely N-dealkylation sites (tertiary alicyclic amines) is 1. The minimum atomic E-state index is 0.205. The summed E-state index contributed by atoms with van der Waals surface area (Å²) in [7, 11) is 0. The Labute approximate surface area is 170 Å². The Morgan fingerprint density at radius 3 is 2.85 bits per heavy atom. The molecule has 0 bridgehead atoms. The van der Waals surface area contributed by atoms with Crippen molar-refractivity contribution in [1.29, 1.82) is 0 Å². The van der Waals surface area contributed by atoms with Crippen LogP contribution in [0.25, 0.3) is 0 Å². The van der Waals surface area contributed by atoms with Crippen LogP contribution in [0.2, 0.25) is 10.2 Å². The zero-order valence-corrected chi connectivity index (χ0v) is 17.1. The lowest BCUT2D eigenvalue weighted by atomic mass is 9.91. The number of nitrogen functional groups attached to an aromatic ring is 1. The second-order valence-electron chi connectivity index (χ2n) is 7.48. The first-order valence-corrected chi connectivity index (χ1v) is 10.1. The van der Waals surface area contributed by atoms with Crippen LogP contribution in [0, 0.1) is 12.8 Å². The Morgan fingerprint density at radius 2 is 2.11 bits per heavy atom. The largest absolute Gasteiger partial charge is 0.383 e. The number of pyridine rings is 1. The van der Waals surface area contributed by atoms with Crippen LogP contribution in [0.15, 0.2) is 30.3 Å². The van der Waals surface area contributed by atoms with Crippen LogP contribution in [0.3, 0.4) is 0 Å². The molecule has 4 nitrogen and oxygen atoms in total. The molecular weight excluding hydrogens is 381 g/mol. The van der Waals surface area contributed by atoms with Gasteiger partial charge in [-0.1, -0.05) is 35.3 Å². The van der Waals surface area contributed by atoms with Crippen molar-refractivity contribution < 1.29 is 4.79 Å². The Morgan fingerprint density at radius 1 is 1.30 bits per heavy atom. The molecule has 1 aromatic heterocycles. The van der Waals surface area contributed by atoms with E-state index < -0.39 is 0 Å². The summed E-state index contributed by atoms with van der Waals surface area (Å²) in [6, 6.07) is 9.64. The smallest absolute Gasteiger partial charge is 0.137 e. The summed E-state index contributed by atoms with van der Waals surface area (Å²) < 4.78 is 0. The molecule has 0 amide bonds. The van der Waals surface area contributed by atoms with Crippen molar-refractivity contribution in [1.82, 2.24) is 9.88 Å². The Bertz CT molecular complexity index is 805. The summed E-state index contributed by atoms with van der Waals surface area (Å²) >= 11 is 12.0. The average Bonchev–Trinajstić information content (AvgIpc) is 2.57. The van der Waals surface area contributed by atoms with Gasteiger partial charge in [0.05, 0.1) is 0 Å². The van der Waals surface area contributed by atoms with Gasteiger partial charge in [0.2, 0.25) is 0 Å². The van der Waals surface area contributed by atoms with E-state index in [9.17, 15) is 4.79 Å². The molecule has 27 heavy (non-hydrogen) atoms. The van der Waals surface area contributed by atoms with Gasteiger partial charge in [-0.25, -0.2) is 4.98 Å². The van der Waals surface area contributed by atoms with Gasteiger partial charge in [-0.2, -0.15) is 0 Å². The lowest BCUT2D eigenvalue weighted by Crippen LogP contribution is -2.36. The number of aromatic nitrogens is 1. The van der Waals surface area contributed by atoms with Gasteiger partial charge < -0.3 is 5.73 Å². The molecule has 2 aromatic rings. The fourth-order valence-electron chi connectivity index (χ4n) is 3.86. The van der Waals surface area contributed by atoms with Crippen LogP contribution in [-0.2, 0) is 17.8 Å². The molecule has 1 saturated heterocycles. The topological polar surface area (TPSA) is 59.2 Å². The third kappa shape index (κ3) is 5.93. The van der Waals surface area contributed by atoms with E-state index in [0.717, 1.165) is 43.1 Å². The van der Waals surface area contributed by atoms with E-state index in [1.165, 1.54) is 11.1 Å². The summed E-state index contributed by atoms with van der Waals surface area (Å²) in [5.41, 5.74) is 9.03. The minimum Gasteiger partial charge on any atom is -0.383 e. The number of halogens is 2. The summed E-state index contributed by atoms with van der Waals surface area (Å²) in [5.74, 6) is 0.932. The fraction of sp³-hybridized carbons (Fsp3) is 0.429. The van der Waals surface area contributed by atoms with E-state index in [1.54, 1.807) is 12.1 Å². The number of aryl methyl sites for hydroxylation is 1. The summed E-state index contributed by atoms with van der Waals surface area (Å²) in [6.07, 6.45) is 3.10. The van der Waals surface area contributed by atoms with Gasteiger partial charge in [-0.05, 0) is 61.6 Å². The van der Waals surface area contributed by atoms with Crippen LogP contribution >= 0.6 is 23.2 Å². The molecule has 1 fully saturated rings. The van der Waals surface area contributed by atoms with Crippen molar-refractivity contribution >= 4 is 34.8 Å². The monoisotopic (exact) mass is 405 g/mol. The van der Waals surface area contributed by atoms with Crippen molar-refractivity contribution in [2.24, 2.45) is 5.92 Å². The Kier molecular flexibility index (Phi) is 6.74. The molecule has 0 aliphatic carbocycles. The number of hydrogen-bond donors (Lipinski definition) is 1. The third-order valence-electron chi connectivity index (χ3n) is 4.99. The van der Waals surface area contributed by atoms with Crippen molar-refractivity contribution in [2.75, 3.05) is 18.8 Å². The predicted molar refractivity (Wildman–Crippen MR) is 111 cm³/mol. The molecule has 3 rings (SSSR count). The number of hydrogen-bond acceptors (Lipinski definition) is 4. The molecule has 0 radical (unpaired) electrons.